The van der Waals surface area contributed by atoms with Crippen LogP contribution >= 0.6 is 23.2 Å². The Bertz CT molecular complexity index is 616. The second-order valence-corrected chi connectivity index (χ2v) is 8.72. The molecule has 1 saturated heterocycles. The largest absolute Gasteiger partial charge is 0.399 e. The number of hydrogen-bond donors (Lipinski definition) is 2. The average molecular weight is 357 g/mol. The predicted molar refractivity (Wildman–Crippen MR) is 82.1 cm³/mol. The van der Waals surface area contributed by atoms with Crippen molar-refractivity contribution >= 4 is 49.7 Å². The molecule has 0 amide bonds. The van der Waals surface area contributed by atoms with Crippen LogP contribution < -0.4 is 10.5 Å². The number of anilines is 1. The molecule has 5 nitrogen and oxygen atoms in total. The fraction of sp³-hybridized carbons (Fsp3) is 0.455. The van der Waals surface area contributed by atoms with Gasteiger partial charge in [-0.3, -0.25) is 4.21 Å². The van der Waals surface area contributed by atoms with E-state index in [2.05, 4.69) is 4.72 Å². The van der Waals surface area contributed by atoms with Gasteiger partial charge in [0.1, 0.15) is 4.90 Å². The van der Waals surface area contributed by atoms with Crippen LogP contribution in [0.3, 0.4) is 0 Å². The fourth-order valence-electron chi connectivity index (χ4n) is 2.03. The lowest BCUT2D eigenvalue weighted by atomic mass is 10.2. The summed E-state index contributed by atoms with van der Waals surface area (Å²) < 4.78 is 38.5. The minimum Gasteiger partial charge on any atom is -0.399 e. The first-order chi connectivity index (χ1) is 9.29. The molecular weight excluding hydrogens is 343 g/mol. The second kappa shape index (κ2) is 6.19. The molecule has 112 valence electrons. The van der Waals surface area contributed by atoms with Gasteiger partial charge in [0.2, 0.25) is 10.0 Å². The van der Waals surface area contributed by atoms with Gasteiger partial charge in [0, 0.05) is 34.0 Å². The molecule has 9 heteroatoms. The van der Waals surface area contributed by atoms with Crippen LogP contribution in [-0.4, -0.2) is 30.2 Å². The maximum atomic E-state index is 12.3. The molecule has 1 aliphatic rings. The van der Waals surface area contributed by atoms with Crippen molar-refractivity contribution in [3.8, 4) is 0 Å². The Kier molecular flexibility index (Phi) is 4.96. The van der Waals surface area contributed by atoms with E-state index in [1.165, 1.54) is 12.1 Å². The third-order valence-electron chi connectivity index (χ3n) is 3.00. The third-order valence-corrected chi connectivity index (χ3v) is 6.82. The van der Waals surface area contributed by atoms with Crippen molar-refractivity contribution in [3.63, 3.8) is 0 Å². The quantitative estimate of drug-likeness (QED) is 0.807. The first-order valence-corrected chi connectivity index (χ1v) is 9.64. The number of rotatable bonds is 3. The number of sulfonamides is 1. The summed E-state index contributed by atoms with van der Waals surface area (Å²) in [5.41, 5.74) is 5.85. The second-order valence-electron chi connectivity index (χ2n) is 4.56. The van der Waals surface area contributed by atoms with Crippen LogP contribution in [0.5, 0.6) is 0 Å². The molecule has 0 bridgehead atoms. The molecule has 0 aliphatic carbocycles. The van der Waals surface area contributed by atoms with Crippen LogP contribution in [-0.2, 0) is 20.8 Å². The molecule has 1 aromatic carbocycles. The molecule has 1 heterocycles. The summed E-state index contributed by atoms with van der Waals surface area (Å²) in [4.78, 5) is -0.165. The molecule has 3 N–H and O–H groups in total. The fourth-order valence-corrected chi connectivity index (χ4v) is 5.86. The number of benzene rings is 1. The first kappa shape index (κ1) is 16.0. The Morgan fingerprint density at radius 1 is 1.20 bits per heavy atom. The number of nitrogens with one attached hydrogen (secondary N) is 1. The van der Waals surface area contributed by atoms with Crippen molar-refractivity contribution < 1.29 is 12.6 Å². The van der Waals surface area contributed by atoms with Crippen LogP contribution in [0.4, 0.5) is 5.69 Å². The van der Waals surface area contributed by atoms with Crippen LogP contribution in [0.1, 0.15) is 12.8 Å². The van der Waals surface area contributed by atoms with Gasteiger partial charge in [0.25, 0.3) is 0 Å². The summed E-state index contributed by atoms with van der Waals surface area (Å²) in [6.45, 7) is 0. The van der Waals surface area contributed by atoms with Gasteiger partial charge >= 0.3 is 0 Å². The van der Waals surface area contributed by atoms with Gasteiger partial charge in [0.05, 0.1) is 10.0 Å². The van der Waals surface area contributed by atoms with Crippen LogP contribution in [0.15, 0.2) is 17.0 Å². The molecule has 1 aliphatic heterocycles. The standard InChI is InChI=1S/C11H14Cl2N2O3S2/c12-9-5-7(14)6-10(13)11(9)20(17,18)15-8-1-3-19(16)4-2-8/h5-6,8,15H,1-4,14H2. The van der Waals surface area contributed by atoms with Crippen LogP contribution in [0, 0.1) is 0 Å². The summed E-state index contributed by atoms with van der Waals surface area (Å²) >= 11 is 11.9. The predicted octanol–water partition coefficient (Wildman–Crippen LogP) is 1.77. The molecule has 0 saturated carbocycles. The lowest BCUT2D eigenvalue weighted by molar-refractivity contribution is 0.522. The van der Waals surface area contributed by atoms with E-state index in [0.717, 1.165) is 0 Å². The molecule has 1 aromatic rings. The summed E-state index contributed by atoms with van der Waals surface area (Å²) in [6, 6.07) is 2.44. The normalized spacial score (nSPS) is 23.7. The highest BCUT2D eigenvalue weighted by atomic mass is 35.5. The van der Waals surface area contributed by atoms with Gasteiger partial charge in [-0.25, -0.2) is 13.1 Å². The number of nitrogen functional groups attached to an aromatic ring is 1. The Labute approximate surface area is 130 Å². The monoisotopic (exact) mass is 356 g/mol. The highest BCUT2D eigenvalue weighted by molar-refractivity contribution is 7.89. The molecule has 0 aromatic heterocycles. The molecule has 2 rings (SSSR count). The van der Waals surface area contributed by atoms with Crippen LogP contribution in [0.25, 0.3) is 0 Å². The lowest BCUT2D eigenvalue weighted by Crippen LogP contribution is -2.39. The average Bonchev–Trinajstić information content (AvgIpc) is 2.30. The minimum atomic E-state index is -3.82. The van der Waals surface area contributed by atoms with Crippen molar-refractivity contribution in [2.75, 3.05) is 17.2 Å². The first-order valence-electron chi connectivity index (χ1n) is 5.91. The summed E-state index contributed by atoms with van der Waals surface area (Å²) in [6.07, 6.45) is 1.08. The topological polar surface area (TPSA) is 89.3 Å². The highest BCUT2D eigenvalue weighted by Crippen LogP contribution is 2.32. The van der Waals surface area contributed by atoms with E-state index >= 15 is 0 Å². The van der Waals surface area contributed by atoms with Crippen molar-refractivity contribution in [3.05, 3.63) is 22.2 Å². The number of halogens is 2. The zero-order valence-corrected chi connectivity index (χ0v) is 13.6. The molecule has 20 heavy (non-hydrogen) atoms. The summed E-state index contributed by atoms with van der Waals surface area (Å²) in [5, 5.41) is -0.0243. The van der Waals surface area contributed by atoms with E-state index in [4.69, 9.17) is 28.9 Å². The van der Waals surface area contributed by atoms with Gasteiger partial charge in [-0.05, 0) is 25.0 Å². The van der Waals surface area contributed by atoms with Gasteiger partial charge in [0.15, 0.2) is 0 Å². The van der Waals surface area contributed by atoms with Crippen LogP contribution in [0.2, 0.25) is 10.0 Å². The smallest absolute Gasteiger partial charge is 0.243 e. The van der Waals surface area contributed by atoms with E-state index in [-0.39, 0.29) is 21.0 Å². The van der Waals surface area contributed by atoms with E-state index in [1.807, 2.05) is 0 Å². The van der Waals surface area contributed by atoms with E-state index in [1.54, 1.807) is 0 Å². The lowest BCUT2D eigenvalue weighted by Gasteiger charge is -2.23. The van der Waals surface area contributed by atoms with E-state index in [9.17, 15) is 12.6 Å². The van der Waals surface area contributed by atoms with Gasteiger partial charge in [-0.1, -0.05) is 23.2 Å². The molecule has 0 unspecified atom stereocenters. The molecule has 0 atom stereocenters. The van der Waals surface area contributed by atoms with Crippen molar-refractivity contribution in [2.45, 2.75) is 23.8 Å². The van der Waals surface area contributed by atoms with Gasteiger partial charge in [-0.2, -0.15) is 0 Å². The van der Waals surface area contributed by atoms with Gasteiger partial charge in [-0.15, -0.1) is 0 Å². The Morgan fingerprint density at radius 3 is 2.20 bits per heavy atom. The SMILES string of the molecule is Nc1cc(Cl)c(S(=O)(=O)NC2CCS(=O)CC2)c(Cl)c1. The van der Waals surface area contributed by atoms with Crippen molar-refractivity contribution in [1.29, 1.82) is 0 Å². The molecule has 1 fully saturated rings. The van der Waals surface area contributed by atoms with Crippen molar-refractivity contribution in [2.24, 2.45) is 0 Å². The zero-order chi connectivity index (χ0) is 14.9. The minimum absolute atomic E-state index is 0.0121. The maximum Gasteiger partial charge on any atom is 0.243 e. The Balaban J connectivity index is 2.25. The molecular formula is C11H14Cl2N2O3S2. The zero-order valence-electron chi connectivity index (χ0n) is 10.4. The van der Waals surface area contributed by atoms with E-state index in [0.29, 0.717) is 30.0 Å². The highest BCUT2D eigenvalue weighted by Gasteiger charge is 2.27. The molecule has 0 spiro atoms. The Hall–Kier alpha value is -0.340. The Morgan fingerprint density at radius 2 is 1.70 bits per heavy atom. The van der Waals surface area contributed by atoms with Crippen molar-refractivity contribution in [1.82, 2.24) is 4.72 Å². The molecule has 0 radical (unpaired) electrons. The van der Waals surface area contributed by atoms with E-state index < -0.39 is 20.8 Å². The van der Waals surface area contributed by atoms with Gasteiger partial charge < -0.3 is 5.73 Å². The maximum absolute atomic E-state index is 12.3. The summed E-state index contributed by atoms with van der Waals surface area (Å²) in [7, 11) is -4.67. The third kappa shape index (κ3) is 3.65. The number of nitrogens with two attached hydrogens (primary N) is 1. The number of hydrogen-bond acceptors (Lipinski definition) is 4. The summed E-state index contributed by atoms with van der Waals surface area (Å²) in [5.74, 6) is 0.993.